The predicted octanol–water partition coefficient (Wildman–Crippen LogP) is 1.81. The van der Waals surface area contributed by atoms with Crippen LogP contribution in [0.15, 0.2) is 0 Å². The van der Waals surface area contributed by atoms with Gasteiger partial charge >= 0.3 is 55.6 Å². The van der Waals surface area contributed by atoms with E-state index >= 15 is 0 Å². The molecular weight excluding hydrogens is 484 g/mol. The van der Waals surface area contributed by atoms with E-state index in [1.165, 1.54) is 6.42 Å². The number of cyclic esters (lactones) is 1. The smallest absolute Gasteiger partial charge is 0.463 e. The van der Waals surface area contributed by atoms with Crippen LogP contribution in [0.25, 0.3) is 0 Å². The molecule has 126 valence electrons. The monoisotopic (exact) mass is 502 g/mol. The van der Waals surface area contributed by atoms with E-state index in [1.54, 1.807) is 0 Å². The Morgan fingerprint density at radius 1 is 1.21 bits per heavy atom. The molecule has 0 aromatic carbocycles. The van der Waals surface area contributed by atoms with Crippen LogP contribution in [0.1, 0.15) is 19.8 Å². The molecule has 7 heteroatoms. The fourth-order valence-electron chi connectivity index (χ4n) is 1.31. The summed E-state index contributed by atoms with van der Waals surface area (Å²) in [5.74, 6) is -0.865. The van der Waals surface area contributed by atoms with Gasteiger partial charge < -0.3 is 9.47 Å². The summed E-state index contributed by atoms with van der Waals surface area (Å²) >= 11 is 0. The van der Waals surface area contributed by atoms with Crippen LogP contribution in [0, 0.1) is 64.7 Å². The van der Waals surface area contributed by atoms with Gasteiger partial charge in [0.15, 0.2) is 0 Å². The zero-order chi connectivity index (χ0) is 18.1. The molecule has 1 aliphatic heterocycles. The summed E-state index contributed by atoms with van der Waals surface area (Å²) in [6.07, 6.45) is 12.2. The number of hydrogen-bond acceptors (Lipinski definition) is 4. The Kier molecular flexibility index (Phi) is 23.5. The minimum atomic E-state index is -0.896. The number of hydrogen-bond donors (Lipinski definition) is 0. The van der Waals surface area contributed by atoms with Crippen molar-refractivity contribution in [3.63, 3.8) is 0 Å². The zero-order valence-corrected chi connectivity index (χ0v) is 16.2. The van der Waals surface area contributed by atoms with Crippen molar-refractivity contribution in [2.75, 3.05) is 6.61 Å². The molecule has 0 spiro atoms. The maximum absolute atomic E-state index is 11.2. The van der Waals surface area contributed by atoms with Crippen molar-refractivity contribution in [2.45, 2.75) is 25.9 Å². The van der Waals surface area contributed by atoms with E-state index in [9.17, 15) is 9.59 Å². The van der Waals surface area contributed by atoms with Crippen molar-refractivity contribution in [1.82, 2.24) is 0 Å². The second-order valence-corrected chi connectivity index (χ2v) is 4.00. The summed E-state index contributed by atoms with van der Waals surface area (Å²) in [7, 11) is 0. The summed E-state index contributed by atoms with van der Waals surface area (Å²) in [6.45, 7) is 14.8. The average Bonchev–Trinajstić information content (AvgIpc) is 3.26. The largest absolute Gasteiger partial charge is 2.00 e. The molecule has 1 saturated carbocycles. The number of unbranched alkanes of at least 4 members (excludes halogenated alkanes) is 1. The Bertz CT molecular complexity index is 349. The van der Waals surface area contributed by atoms with Crippen molar-refractivity contribution in [3.8, 4) is 0 Å². The van der Waals surface area contributed by atoms with Gasteiger partial charge in [0.05, 0.1) is 12.5 Å². The Morgan fingerprint density at radius 3 is 2.00 bits per heavy atom. The molecule has 2 aliphatic rings. The van der Waals surface area contributed by atoms with Gasteiger partial charge in [-0.2, -0.15) is 0 Å². The van der Waals surface area contributed by atoms with Crippen LogP contribution in [-0.2, 0) is 49.4 Å². The van der Waals surface area contributed by atoms with Crippen LogP contribution in [0.3, 0.4) is 0 Å². The van der Waals surface area contributed by atoms with Gasteiger partial charge in [-0.05, 0) is 45.4 Å². The van der Waals surface area contributed by atoms with Crippen LogP contribution in [0.5, 0.6) is 0 Å². The first kappa shape index (κ1) is 27.9. The molecule has 24 heavy (non-hydrogen) atoms. The normalized spacial score (nSPS) is 18.1. The molecule has 1 atom stereocenters. The first-order valence-electron chi connectivity index (χ1n) is 6.64. The van der Waals surface area contributed by atoms with Crippen LogP contribution in [0.2, 0.25) is 0 Å². The molecule has 1 saturated heterocycles. The fourth-order valence-corrected chi connectivity index (χ4v) is 1.31. The zero-order valence-electron chi connectivity index (χ0n) is 13.2. The maximum Gasteiger partial charge on any atom is 2.00 e. The van der Waals surface area contributed by atoms with E-state index < -0.39 is 18.0 Å². The molecule has 1 heterocycles. The SMILES string of the molecule is [C-]#[O+].[C-]#[O+].[CH2][C]1[CH]C(C(=O)OCCCC)OC1=O.[CH]1[CH][CH][CH][CH]1.[W+2]. The molecule has 2 fully saturated rings. The second-order valence-electron chi connectivity index (χ2n) is 4.00. The maximum atomic E-state index is 11.2. The fraction of sp³-hybridized carbons (Fsp3) is 0.294. The molecule has 1 aliphatic carbocycles. The van der Waals surface area contributed by atoms with Crippen molar-refractivity contribution in [3.05, 3.63) is 64.7 Å². The summed E-state index contributed by atoms with van der Waals surface area (Å²) in [6, 6.07) is 0. The van der Waals surface area contributed by atoms with E-state index in [1.807, 2.05) is 39.0 Å². The van der Waals surface area contributed by atoms with Crippen LogP contribution in [0.4, 0.5) is 0 Å². The summed E-state index contributed by atoms with van der Waals surface area (Å²) < 4.78 is 24.6. The third-order valence-corrected chi connectivity index (χ3v) is 2.38. The molecule has 0 bridgehead atoms. The van der Waals surface area contributed by atoms with Gasteiger partial charge in [-0.3, -0.25) is 4.79 Å². The minimum Gasteiger partial charge on any atom is -0.463 e. The van der Waals surface area contributed by atoms with E-state index in [-0.39, 0.29) is 27.0 Å². The third kappa shape index (κ3) is 13.5. The standard InChI is InChI=1S/C10H13O4.C5H5.2CO.W/c1-3-4-5-13-10(12)8-6-7(2)9(11)14-8;1-2-4-5-3-1;2*1-2;/h6,8H,2-5H2,1H3;1-5H;;;/q;;;;+2. The summed E-state index contributed by atoms with van der Waals surface area (Å²) in [5.41, 5.74) is 0. The molecule has 0 amide bonds. The van der Waals surface area contributed by atoms with Gasteiger partial charge in [-0.25, -0.2) is 4.79 Å². The molecule has 0 N–H and O–H groups in total. The summed E-state index contributed by atoms with van der Waals surface area (Å²) in [4.78, 5) is 22.1. The van der Waals surface area contributed by atoms with Crippen molar-refractivity contribution < 1.29 is 49.4 Å². The van der Waals surface area contributed by atoms with E-state index in [0.29, 0.717) is 6.61 Å². The van der Waals surface area contributed by atoms with Gasteiger partial charge in [-0.1, -0.05) is 13.3 Å². The molecule has 2 rings (SSSR count). The molecule has 8 radical (unpaired) electrons. The number of ether oxygens (including phenoxy) is 2. The molecule has 0 aromatic heterocycles. The number of carbonyl (C=O) groups excluding carboxylic acids is 2. The van der Waals surface area contributed by atoms with Gasteiger partial charge in [0, 0.05) is 6.42 Å². The molecule has 0 aromatic rings. The molecule has 6 nitrogen and oxygen atoms in total. The number of carbonyl (C=O) groups is 2. The predicted molar refractivity (Wildman–Crippen MR) is 78.0 cm³/mol. The Hall–Kier alpha value is -0.892. The van der Waals surface area contributed by atoms with Crippen LogP contribution >= 0.6 is 0 Å². The van der Waals surface area contributed by atoms with Crippen LogP contribution in [-0.4, -0.2) is 24.6 Å². The van der Waals surface area contributed by atoms with Crippen LogP contribution < -0.4 is 0 Å². The number of esters is 2. The third-order valence-electron chi connectivity index (χ3n) is 2.38. The van der Waals surface area contributed by atoms with Gasteiger partial charge in [0.2, 0.25) is 6.10 Å². The topological polar surface area (TPSA) is 92.4 Å². The second kappa shape index (κ2) is 20.2. The first-order valence-corrected chi connectivity index (χ1v) is 6.64. The van der Waals surface area contributed by atoms with E-state index in [2.05, 4.69) is 20.2 Å². The van der Waals surface area contributed by atoms with E-state index in [4.69, 9.17) is 18.8 Å². The van der Waals surface area contributed by atoms with Crippen molar-refractivity contribution in [2.24, 2.45) is 0 Å². The van der Waals surface area contributed by atoms with Crippen molar-refractivity contribution >= 4 is 11.9 Å². The minimum absolute atomic E-state index is 0. The van der Waals surface area contributed by atoms with Crippen molar-refractivity contribution in [1.29, 1.82) is 0 Å². The van der Waals surface area contributed by atoms with Gasteiger partial charge in [-0.15, -0.1) is 0 Å². The number of rotatable bonds is 4. The van der Waals surface area contributed by atoms with E-state index in [0.717, 1.165) is 12.8 Å². The Balaban J connectivity index is -0.000000368. The average molecular weight is 502 g/mol. The Labute approximate surface area is 158 Å². The first-order chi connectivity index (χ1) is 11.1. The molecule has 1 unspecified atom stereocenters. The Morgan fingerprint density at radius 2 is 1.67 bits per heavy atom. The van der Waals surface area contributed by atoms with Gasteiger partial charge in [0.25, 0.3) is 0 Å². The quantitative estimate of drug-likeness (QED) is 0.254. The summed E-state index contributed by atoms with van der Waals surface area (Å²) in [5, 5.41) is 0. The molecular formula is C17H18O6W+2. The van der Waals surface area contributed by atoms with Gasteiger partial charge in [0.1, 0.15) is 0 Å².